The van der Waals surface area contributed by atoms with Crippen molar-refractivity contribution in [2.45, 2.75) is 19.8 Å². The standard InChI is InChI=1S/C13H15FN4O2/c1-2-3-6-20-10-5-4-8(7-9(10)14)11-12(13(15)19)17-18-16-11/h4-5,7H,2-3,6H2,1H3,(H2,15,19)(H,16,17,18). The largest absolute Gasteiger partial charge is 0.491 e. The molecule has 3 N–H and O–H groups in total. The van der Waals surface area contributed by atoms with Gasteiger partial charge in [0.25, 0.3) is 5.91 Å². The van der Waals surface area contributed by atoms with E-state index in [1.165, 1.54) is 12.1 Å². The van der Waals surface area contributed by atoms with Gasteiger partial charge in [-0.1, -0.05) is 13.3 Å². The Morgan fingerprint density at radius 3 is 2.90 bits per heavy atom. The van der Waals surface area contributed by atoms with Crippen molar-refractivity contribution in [3.8, 4) is 17.0 Å². The summed E-state index contributed by atoms with van der Waals surface area (Å²) in [7, 11) is 0. The van der Waals surface area contributed by atoms with Crippen LogP contribution in [0.4, 0.5) is 4.39 Å². The summed E-state index contributed by atoms with van der Waals surface area (Å²) in [4.78, 5) is 11.2. The molecule has 0 aliphatic heterocycles. The van der Waals surface area contributed by atoms with Gasteiger partial charge in [0.1, 0.15) is 5.69 Å². The van der Waals surface area contributed by atoms with E-state index in [2.05, 4.69) is 15.4 Å². The number of benzene rings is 1. The molecule has 0 aliphatic rings. The number of carbonyl (C=O) groups excluding carboxylic acids is 1. The van der Waals surface area contributed by atoms with Gasteiger partial charge in [0.2, 0.25) is 0 Å². The van der Waals surface area contributed by atoms with Crippen LogP contribution in [0, 0.1) is 5.82 Å². The predicted molar refractivity (Wildman–Crippen MR) is 70.7 cm³/mol. The fourth-order valence-electron chi connectivity index (χ4n) is 1.70. The van der Waals surface area contributed by atoms with E-state index in [0.29, 0.717) is 12.2 Å². The van der Waals surface area contributed by atoms with Crippen molar-refractivity contribution in [1.82, 2.24) is 15.4 Å². The minimum absolute atomic E-state index is 0.0240. The SMILES string of the molecule is CCCCOc1ccc(-c2n[nH]nc2C(N)=O)cc1F. The first kappa shape index (κ1) is 14.0. The molecule has 0 unspecified atom stereocenters. The second-order valence-electron chi connectivity index (χ2n) is 4.23. The lowest BCUT2D eigenvalue weighted by atomic mass is 10.1. The van der Waals surface area contributed by atoms with Gasteiger partial charge >= 0.3 is 0 Å². The van der Waals surface area contributed by atoms with Crippen molar-refractivity contribution in [2.24, 2.45) is 5.73 Å². The highest BCUT2D eigenvalue weighted by Crippen LogP contribution is 2.25. The Balaban J connectivity index is 2.24. The average Bonchev–Trinajstić information content (AvgIpc) is 2.90. The van der Waals surface area contributed by atoms with E-state index in [0.717, 1.165) is 12.8 Å². The Morgan fingerprint density at radius 1 is 1.45 bits per heavy atom. The minimum Gasteiger partial charge on any atom is -0.491 e. The molecule has 6 nitrogen and oxygen atoms in total. The third-order valence-corrected chi connectivity index (χ3v) is 2.74. The number of aromatic amines is 1. The summed E-state index contributed by atoms with van der Waals surface area (Å²) in [6.45, 7) is 2.49. The molecular formula is C13H15FN4O2. The zero-order valence-corrected chi connectivity index (χ0v) is 11.0. The normalized spacial score (nSPS) is 10.5. The maximum Gasteiger partial charge on any atom is 0.271 e. The second-order valence-corrected chi connectivity index (χ2v) is 4.23. The molecule has 1 aromatic carbocycles. The zero-order valence-electron chi connectivity index (χ0n) is 11.0. The van der Waals surface area contributed by atoms with Gasteiger partial charge in [-0.05, 0) is 24.6 Å². The summed E-state index contributed by atoms with van der Waals surface area (Å²) < 4.78 is 19.2. The van der Waals surface area contributed by atoms with Crippen molar-refractivity contribution in [2.75, 3.05) is 6.61 Å². The molecule has 106 valence electrons. The lowest BCUT2D eigenvalue weighted by molar-refractivity contribution is 0.0996. The molecule has 2 rings (SSSR count). The number of aromatic nitrogens is 3. The Labute approximate surface area is 115 Å². The van der Waals surface area contributed by atoms with E-state index in [4.69, 9.17) is 10.5 Å². The number of amides is 1. The number of hydrogen-bond donors (Lipinski definition) is 2. The number of carbonyl (C=O) groups is 1. The first-order valence-corrected chi connectivity index (χ1v) is 6.26. The Hall–Kier alpha value is -2.44. The average molecular weight is 278 g/mol. The van der Waals surface area contributed by atoms with Crippen molar-refractivity contribution in [1.29, 1.82) is 0 Å². The van der Waals surface area contributed by atoms with Gasteiger partial charge in [0, 0.05) is 5.56 Å². The van der Waals surface area contributed by atoms with Gasteiger partial charge in [-0.2, -0.15) is 15.4 Å². The fraction of sp³-hybridized carbons (Fsp3) is 0.308. The maximum absolute atomic E-state index is 13.9. The first-order valence-electron chi connectivity index (χ1n) is 6.26. The Morgan fingerprint density at radius 2 is 2.25 bits per heavy atom. The van der Waals surface area contributed by atoms with Crippen LogP contribution in [0.2, 0.25) is 0 Å². The van der Waals surface area contributed by atoms with Crippen LogP contribution in [-0.2, 0) is 0 Å². The zero-order chi connectivity index (χ0) is 14.5. The minimum atomic E-state index is -0.725. The van der Waals surface area contributed by atoms with Crippen molar-refractivity contribution < 1.29 is 13.9 Å². The van der Waals surface area contributed by atoms with Crippen molar-refractivity contribution in [3.63, 3.8) is 0 Å². The summed E-state index contributed by atoms with van der Waals surface area (Å²) in [6, 6.07) is 4.35. The number of H-pyrrole nitrogens is 1. The van der Waals surface area contributed by atoms with E-state index in [9.17, 15) is 9.18 Å². The van der Waals surface area contributed by atoms with Crippen molar-refractivity contribution in [3.05, 3.63) is 29.7 Å². The lowest BCUT2D eigenvalue weighted by Crippen LogP contribution is -2.12. The molecule has 0 bridgehead atoms. The number of ether oxygens (including phenoxy) is 1. The molecule has 0 fully saturated rings. The molecule has 1 amide bonds. The molecule has 0 aliphatic carbocycles. The van der Waals surface area contributed by atoms with Gasteiger partial charge in [0.15, 0.2) is 17.3 Å². The number of nitrogens with zero attached hydrogens (tertiary/aromatic N) is 2. The van der Waals surface area contributed by atoms with E-state index < -0.39 is 11.7 Å². The number of rotatable bonds is 6. The predicted octanol–water partition coefficient (Wildman–Crippen LogP) is 1.89. The molecule has 0 spiro atoms. The summed E-state index contributed by atoms with van der Waals surface area (Å²) in [6.07, 6.45) is 1.83. The summed E-state index contributed by atoms with van der Waals surface area (Å²) >= 11 is 0. The maximum atomic E-state index is 13.9. The second kappa shape index (κ2) is 6.14. The van der Waals surface area contributed by atoms with E-state index in [-0.39, 0.29) is 17.1 Å². The molecule has 2 aromatic rings. The van der Waals surface area contributed by atoms with Crippen LogP contribution >= 0.6 is 0 Å². The highest BCUT2D eigenvalue weighted by atomic mass is 19.1. The molecule has 0 saturated carbocycles. The molecule has 20 heavy (non-hydrogen) atoms. The number of nitrogens with two attached hydrogens (primary N) is 1. The van der Waals surface area contributed by atoms with Crippen LogP contribution in [0.25, 0.3) is 11.3 Å². The Kier molecular flexibility index (Phi) is 4.29. The van der Waals surface area contributed by atoms with Gasteiger partial charge < -0.3 is 10.5 Å². The molecule has 0 saturated heterocycles. The van der Waals surface area contributed by atoms with Crippen LogP contribution in [0.1, 0.15) is 30.3 Å². The molecule has 0 radical (unpaired) electrons. The van der Waals surface area contributed by atoms with Gasteiger partial charge in [-0.15, -0.1) is 0 Å². The van der Waals surface area contributed by atoms with Crippen LogP contribution in [0.15, 0.2) is 18.2 Å². The van der Waals surface area contributed by atoms with Crippen LogP contribution in [0.5, 0.6) is 5.75 Å². The third-order valence-electron chi connectivity index (χ3n) is 2.74. The van der Waals surface area contributed by atoms with Crippen LogP contribution < -0.4 is 10.5 Å². The highest BCUT2D eigenvalue weighted by Gasteiger charge is 2.16. The summed E-state index contributed by atoms with van der Waals surface area (Å²) in [5, 5.41) is 9.75. The topological polar surface area (TPSA) is 93.9 Å². The molecular weight excluding hydrogens is 263 g/mol. The van der Waals surface area contributed by atoms with Gasteiger partial charge in [0.05, 0.1) is 6.61 Å². The monoisotopic (exact) mass is 278 g/mol. The van der Waals surface area contributed by atoms with Crippen LogP contribution in [-0.4, -0.2) is 27.9 Å². The molecule has 0 atom stereocenters. The van der Waals surface area contributed by atoms with E-state index >= 15 is 0 Å². The number of halogens is 1. The third kappa shape index (κ3) is 2.93. The first-order chi connectivity index (χ1) is 9.63. The lowest BCUT2D eigenvalue weighted by Gasteiger charge is -2.07. The quantitative estimate of drug-likeness (QED) is 0.789. The van der Waals surface area contributed by atoms with Gasteiger partial charge in [-0.25, -0.2) is 4.39 Å². The van der Waals surface area contributed by atoms with E-state index in [1.54, 1.807) is 6.07 Å². The smallest absolute Gasteiger partial charge is 0.271 e. The molecule has 1 heterocycles. The Bertz CT molecular complexity index is 612. The number of nitrogens with one attached hydrogen (secondary N) is 1. The highest BCUT2D eigenvalue weighted by molar-refractivity contribution is 5.96. The molecule has 1 aromatic heterocycles. The number of primary amides is 1. The summed E-state index contributed by atoms with van der Waals surface area (Å²) in [5.74, 6) is -1.07. The van der Waals surface area contributed by atoms with Gasteiger partial charge in [-0.3, -0.25) is 4.79 Å². The van der Waals surface area contributed by atoms with E-state index in [1.807, 2.05) is 6.92 Å². The van der Waals surface area contributed by atoms with Crippen LogP contribution in [0.3, 0.4) is 0 Å². The number of hydrogen-bond acceptors (Lipinski definition) is 4. The summed E-state index contributed by atoms with van der Waals surface area (Å²) in [5.41, 5.74) is 5.77. The number of unbranched alkanes of at least 4 members (excludes halogenated alkanes) is 1. The fourth-order valence-corrected chi connectivity index (χ4v) is 1.70. The molecule has 7 heteroatoms. The van der Waals surface area contributed by atoms with Crippen molar-refractivity contribution >= 4 is 5.91 Å².